The zero-order valence-electron chi connectivity index (χ0n) is 14.9. The third-order valence-corrected chi connectivity index (χ3v) is 4.69. The molecule has 2 aromatic carbocycles. The summed E-state index contributed by atoms with van der Waals surface area (Å²) in [6.45, 7) is 0.756. The van der Waals surface area contributed by atoms with Gasteiger partial charge in [-0.3, -0.25) is 0 Å². The highest BCUT2D eigenvalue weighted by atomic mass is 35.5. The Morgan fingerprint density at radius 2 is 1.85 bits per heavy atom. The minimum atomic E-state index is 0. The standard InChI is InChI=1S/C19H21Cl2N3O.2ClH/c1-25-14-3-5-17-16(11-14)19(23-9-7-13(22)6-8-20)15-4-2-12(21)10-18(15)24-17;;/h2-5,10-11,13H,6-9,22H2,1H3,(H,23,24);2*1H. The number of nitrogens with zero attached hydrogens (tertiary/aromatic N) is 1. The molecule has 0 fully saturated rings. The Morgan fingerprint density at radius 3 is 2.56 bits per heavy atom. The molecule has 0 radical (unpaired) electrons. The van der Waals surface area contributed by atoms with E-state index in [1.54, 1.807) is 7.11 Å². The first-order chi connectivity index (χ1) is 12.1. The van der Waals surface area contributed by atoms with Crippen LogP contribution in [0.25, 0.3) is 21.8 Å². The largest absolute Gasteiger partial charge is 0.497 e. The van der Waals surface area contributed by atoms with Crippen LogP contribution in [0.2, 0.25) is 5.02 Å². The van der Waals surface area contributed by atoms with E-state index in [1.807, 2.05) is 36.4 Å². The molecule has 0 saturated carbocycles. The number of hydrogen-bond acceptors (Lipinski definition) is 4. The van der Waals surface area contributed by atoms with Crippen LogP contribution in [-0.4, -0.2) is 30.6 Å². The van der Waals surface area contributed by atoms with E-state index in [9.17, 15) is 0 Å². The van der Waals surface area contributed by atoms with Gasteiger partial charge in [-0.15, -0.1) is 36.4 Å². The fourth-order valence-corrected chi connectivity index (χ4v) is 3.33. The lowest BCUT2D eigenvalue weighted by Crippen LogP contribution is -2.23. The number of hydrogen-bond donors (Lipinski definition) is 2. The number of nitrogens with one attached hydrogen (secondary N) is 1. The van der Waals surface area contributed by atoms with Gasteiger partial charge in [0.15, 0.2) is 0 Å². The van der Waals surface area contributed by atoms with Crippen LogP contribution in [0.3, 0.4) is 0 Å². The summed E-state index contributed by atoms with van der Waals surface area (Å²) >= 11 is 11.9. The number of benzene rings is 2. The fourth-order valence-electron chi connectivity index (χ4n) is 2.88. The monoisotopic (exact) mass is 449 g/mol. The molecule has 0 aliphatic rings. The number of aromatic nitrogens is 1. The lowest BCUT2D eigenvalue weighted by molar-refractivity contribution is 0.415. The van der Waals surface area contributed by atoms with Crippen LogP contribution in [0, 0.1) is 0 Å². The second kappa shape index (κ2) is 11.0. The Hall–Kier alpha value is -1.17. The van der Waals surface area contributed by atoms with Gasteiger partial charge in [-0.2, -0.15) is 0 Å². The topological polar surface area (TPSA) is 60.2 Å². The number of fused-ring (bicyclic) bond motifs is 2. The van der Waals surface area contributed by atoms with E-state index in [-0.39, 0.29) is 30.9 Å². The number of nitrogens with two attached hydrogens (primary N) is 1. The minimum Gasteiger partial charge on any atom is -0.497 e. The first-order valence-electron chi connectivity index (χ1n) is 8.25. The Kier molecular flexibility index (Phi) is 9.71. The van der Waals surface area contributed by atoms with Crippen molar-refractivity contribution >= 4 is 75.5 Å². The van der Waals surface area contributed by atoms with Crippen molar-refractivity contribution in [3.05, 3.63) is 41.4 Å². The highest BCUT2D eigenvalue weighted by molar-refractivity contribution is 6.31. The molecule has 3 N–H and O–H groups in total. The van der Waals surface area contributed by atoms with E-state index in [0.717, 1.165) is 52.6 Å². The Bertz CT molecular complexity index is 892. The van der Waals surface area contributed by atoms with Crippen molar-refractivity contribution < 1.29 is 4.74 Å². The molecule has 0 aliphatic heterocycles. The highest BCUT2D eigenvalue weighted by Crippen LogP contribution is 2.34. The molecule has 0 saturated heterocycles. The van der Waals surface area contributed by atoms with Crippen molar-refractivity contribution in [2.24, 2.45) is 5.73 Å². The van der Waals surface area contributed by atoms with Gasteiger partial charge in [0.2, 0.25) is 0 Å². The van der Waals surface area contributed by atoms with Gasteiger partial charge in [0.1, 0.15) is 5.75 Å². The predicted octanol–water partition coefficient (Wildman–Crippen LogP) is 5.65. The van der Waals surface area contributed by atoms with Crippen LogP contribution in [0.1, 0.15) is 12.8 Å². The molecule has 0 spiro atoms. The molecule has 4 nitrogen and oxygen atoms in total. The van der Waals surface area contributed by atoms with E-state index in [1.165, 1.54) is 0 Å². The number of ether oxygens (including phenoxy) is 1. The van der Waals surface area contributed by atoms with E-state index in [2.05, 4.69) is 5.32 Å². The van der Waals surface area contributed by atoms with Crippen LogP contribution in [0.4, 0.5) is 5.69 Å². The lowest BCUT2D eigenvalue weighted by atomic mass is 10.1. The second-order valence-electron chi connectivity index (χ2n) is 5.98. The van der Waals surface area contributed by atoms with Crippen LogP contribution in [-0.2, 0) is 0 Å². The summed E-state index contributed by atoms with van der Waals surface area (Å²) < 4.78 is 5.37. The van der Waals surface area contributed by atoms with Gasteiger partial charge >= 0.3 is 0 Å². The number of halogens is 4. The Morgan fingerprint density at radius 1 is 1.07 bits per heavy atom. The molecule has 0 aliphatic carbocycles. The van der Waals surface area contributed by atoms with Crippen LogP contribution >= 0.6 is 48.0 Å². The maximum Gasteiger partial charge on any atom is 0.119 e. The molecule has 1 unspecified atom stereocenters. The number of pyridine rings is 1. The average Bonchev–Trinajstić information content (AvgIpc) is 2.60. The Balaban J connectivity index is 0.00000182. The molecule has 3 rings (SSSR count). The summed E-state index contributed by atoms with van der Waals surface area (Å²) in [5.74, 6) is 1.38. The van der Waals surface area contributed by atoms with Gasteiger partial charge < -0.3 is 15.8 Å². The van der Waals surface area contributed by atoms with Gasteiger partial charge in [-0.1, -0.05) is 11.6 Å². The second-order valence-corrected chi connectivity index (χ2v) is 6.80. The summed E-state index contributed by atoms with van der Waals surface area (Å²) in [4.78, 5) is 4.73. The maximum atomic E-state index is 6.14. The van der Waals surface area contributed by atoms with Crippen LogP contribution < -0.4 is 15.8 Å². The van der Waals surface area contributed by atoms with Gasteiger partial charge in [-0.05, 0) is 49.2 Å². The lowest BCUT2D eigenvalue weighted by Gasteiger charge is -2.16. The number of alkyl halides is 1. The third-order valence-electron chi connectivity index (χ3n) is 4.24. The fraction of sp³-hybridized carbons (Fsp3) is 0.316. The molecule has 3 aromatic rings. The van der Waals surface area contributed by atoms with Crippen molar-refractivity contribution in [2.45, 2.75) is 18.9 Å². The number of methoxy groups -OCH3 is 1. The molecule has 148 valence electrons. The summed E-state index contributed by atoms with van der Waals surface area (Å²) in [5.41, 5.74) is 8.84. The molecule has 27 heavy (non-hydrogen) atoms. The average molecular weight is 451 g/mol. The molecule has 0 amide bonds. The molecule has 1 heterocycles. The van der Waals surface area contributed by atoms with E-state index >= 15 is 0 Å². The molecule has 0 bridgehead atoms. The first kappa shape index (κ1) is 23.9. The van der Waals surface area contributed by atoms with Gasteiger partial charge in [0, 0.05) is 34.3 Å². The van der Waals surface area contributed by atoms with Crippen molar-refractivity contribution in [1.29, 1.82) is 0 Å². The number of rotatable bonds is 7. The molecule has 8 heteroatoms. The van der Waals surface area contributed by atoms with Crippen LogP contribution in [0.15, 0.2) is 36.4 Å². The first-order valence-corrected chi connectivity index (χ1v) is 9.16. The predicted molar refractivity (Wildman–Crippen MR) is 122 cm³/mol. The smallest absolute Gasteiger partial charge is 0.119 e. The van der Waals surface area contributed by atoms with Crippen molar-refractivity contribution in [3.8, 4) is 5.75 Å². The SMILES string of the molecule is COc1ccc2nc3cc(Cl)ccc3c(NCCC(N)CCCl)c2c1.Cl.Cl. The summed E-state index contributed by atoms with van der Waals surface area (Å²) in [6.07, 6.45) is 1.65. The summed E-state index contributed by atoms with van der Waals surface area (Å²) in [6, 6.07) is 11.7. The third kappa shape index (κ3) is 5.66. The van der Waals surface area contributed by atoms with Gasteiger partial charge in [0.05, 0.1) is 23.8 Å². The highest BCUT2D eigenvalue weighted by Gasteiger charge is 2.11. The summed E-state index contributed by atoms with van der Waals surface area (Å²) in [5, 5.41) is 6.24. The maximum absolute atomic E-state index is 6.14. The zero-order chi connectivity index (χ0) is 17.8. The van der Waals surface area contributed by atoms with E-state index < -0.39 is 0 Å². The van der Waals surface area contributed by atoms with E-state index in [0.29, 0.717) is 10.9 Å². The molecule has 1 atom stereocenters. The number of anilines is 1. The van der Waals surface area contributed by atoms with Gasteiger partial charge in [-0.25, -0.2) is 4.98 Å². The molecular weight excluding hydrogens is 428 g/mol. The van der Waals surface area contributed by atoms with Crippen molar-refractivity contribution in [1.82, 2.24) is 4.98 Å². The zero-order valence-corrected chi connectivity index (χ0v) is 18.0. The quantitative estimate of drug-likeness (QED) is 0.360. The van der Waals surface area contributed by atoms with Crippen molar-refractivity contribution in [3.63, 3.8) is 0 Å². The normalized spacial score (nSPS) is 11.6. The van der Waals surface area contributed by atoms with Crippen LogP contribution in [0.5, 0.6) is 5.75 Å². The molecule has 1 aromatic heterocycles. The van der Waals surface area contributed by atoms with Crippen molar-refractivity contribution in [2.75, 3.05) is 24.9 Å². The van der Waals surface area contributed by atoms with Gasteiger partial charge in [0.25, 0.3) is 0 Å². The minimum absolute atomic E-state index is 0. The molecular formula is C19H23Cl4N3O. The summed E-state index contributed by atoms with van der Waals surface area (Å²) in [7, 11) is 1.66. The van der Waals surface area contributed by atoms with E-state index in [4.69, 9.17) is 38.7 Å². The Labute approximate surface area is 181 Å².